The number of nitrogens with zero attached hydrogens (tertiary/aromatic N) is 2. The standard InChI is InChI=1S/C30H25F2N3O6S2/c31-20-6-13-25(24(32)16-20)41-27(18-4-9-22(10-5-18)43(38,39)23-11-12-23)28(36)34-30-33-17-26(42-30)40-21-7-2-19(3-8-21)29(37)35-14-1-15-35/h2-10,13,16-17,23,27H,1,11-12,14-15H2,(H,33,34,36). The van der Waals surface area contributed by atoms with Gasteiger partial charge in [0.15, 0.2) is 26.5 Å². The third-order valence-electron chi connectivity index (χ3n) is 7.03. The van der Waals surface area contributed by atoms with Crippen molar-refractivity contribution in [1.29, 1.82) is 0 Å². The molecule has 6 rings (SSSR count). The molecule has 2 amide bonds. The molecule has 0 radical (unpaired) electrons. The largest absolute Gasteiger partial charge is 0.473 e. The monoisotopic (exact) mass is 625 g/mol. The summed E-state index contributed by atoms with van der Waals surface area (Å²) in [5.41, 5.74) is 0.808. The van der Waals surface area contributed by atoms with Gasteiger partial charge in [0.05, 0.1) is 16.3 Å². The van der Waals surface area contributed by atoms with Crippen molar-refractivity contribution in [3.05, 3.63) is 95.7 Å². The second kappa shape index (κ2) is 11.7. The van der Waals surface area contributed by atoms with Gasteiger partial charge in [-0.3, -0.25) is 14.9 Å². The van der Waals surface area contributed by atoms with Crippen LogP contribution >= 0.6 is 11.3 Å². The second-order valence-corrected chi connectivity index (χ2v) is 13.4. The van der Waals surface area contributed by atoms with Crippen LogP contribution in [0.1, 0.15) is 41.3 Å². The van der Waals surface area contributed by atoms with E-state index in [4.69, 9.17) is 9.47 Å². The Bertz CT molecular complexity index is 1770. The molecule has 3 aromatic carbocycles. The minimum atomic E-state index is -3.46. The van der Waals surface area contributed by atoms with Gasteiger partial charge in [0.1, 0.15) is 11.6 Å². The molecule has 0 bridgehead atoms. The maximum absolute atomic E-state index is 14.4. The van der Waals surface area contributed by atoms with E-state index in [9.17, 15) is 26.8 Å². The molecule has 1 saturated heterocycles. The number of hydrogen-bond donors (Lipinski definition) is 1. The van der Waals surface area contributed by atoms with Gasteiger partial charge in [0.25, 0.3) is 11.8 Å². The highest BCUT2D eigenvalue weighted by Crippen LogP contribution is 2.35. The summed E-state index contributed by atoms with van der Waals surface area (Å²) < 4.78 is 64.6. The summed E-state index contributed by atoms with van der Waals surface area (Å²) in [7, 11) is -3.46. The van der Waals surface area contributed by atoms with Gasteiger partial charge in [-0.25, -0.2) is 22.2 Å². The van der Waals surface area contributed by atoms with E-state index < -0.39 is 38.7 Å². The third-order valence-corrected chi connectivity index (χ3v) is 10.1. The highest BCUT2D eigenvalue weighted by Gasteiger charge is 2.37. The van der Waals surface area contributed by atoms with E-state index in [1.165, 1.54) is 30.5 Å². The summed E-state index contributed by atoms with van der Waals surface area (Å²) in [4.78, 5) is 31.8. The number of anilines is 1. The molecular weight excluding hydrogens is 600 g/mol. The average molecular weight is 626 g/mol. The number of hydrogen-bond acceptors (Lipinski definition) is 8. The molecule has 2 fully saturated rings. The number of halogens is 2. The number of nitrogens with one attached hydrogen (secondary N) is 1. The maximum atomic E-state index is 14.4. The van der Waals surface area contributed by atoms with Crippen molar-refractivity contribution in [2.75, 3.05) is 18.4 Å². The Morgan fingerprint density at radius 1 is 1.00 bits per heavy atom. The molecule has 0 spiro atoms. The molecule has 1 saturated carbocycles. The number of benzene rings is 3. The van der Waals surface area contributed by atoms with Crippen LogP contribution in [0.15, 0.2) is 77.8 Å². The quantitative estimate of drug-likeness (QED) is 0.239. The number of likely N-dealkylation sites (tertiary alicyclic amines) is 1. The minimum absolute atomic E-state index is 0.0305. The lowest BCUT2D eigenvalue weighted by Gasteiger charge is -2.30. The summed E-state index contributed by atoms with van der Waals surface area (Å²) in [5.74, 6) is -2.47. The average Bonchev–Trinajstić information content (AvgIpc) is 3.74. The zero-order valence-corrected chi connectivity index (χ0v) is 24.2. The Balaban J connectivity index is 1.17. The Kier molecular flexibility index (Phi) is 7.84. The highest BCUT2D eigenvalue weighted by molar-refractivity contribution is 7.92. The summed E-state index contributed by atoms with van der Waals surface area (Å²) in [5, 5.41) is 2.72. The van der Waals surface area contributed by atoms with Crippen molar-refractivity contribution in [3.8, 4) is 16.6 Å². The lowest BCUT2D eigenvalue weighted by Crippen LogP contribution is -2.41. The normalized spacial score (nSPS) is 15.3. The van der Waals surface area contributed by atoms with Crippen LogP contribution in [-0.4, -0.2) is 48.5 Å². The molecule has 9 nitrogen and oxygen atoms in total. The molecule has 1 aromatic heterocycles. The summed E-state index contributed by atoms with van der Waals surface area (Å²) in [6.45, 7) is 1.51. The Labute approximate surface area is 250 Å². The zero-order valence-electron chi connectivity index (χ0n) is 22.5. The molecule has 1 aliphatic heterocycles. The number of sulfone groups is 1. The topological polar surface area (TPSA) is 115 Å². The molecule has 2 aliphatic rings. The smallest absolute Gasteiger partial charge is 0.271 e. The van der Waals surface area contributed by atoms with E-state index in [0.717, 1.165) is 43.0 Å². The Morgan fingerprint density at radius 3 is 2.35 bits per heavy atom. The van der Waals surface area contributed by atoms with Crippen molar-refractivity contribution < 1.29 is 36.3 Å². The minimum Gasteiger partial charge on any atom is -0.473 e. The summed E-state index contributed by atoms with van der Waals surface area (Å²) in [6.07, 6.45) is 2.19. The molecule has 1 N–H and O–H groups in total. The van der Waals surface area contributed by atoms with E-state index in [2.05, 4.69) is 10.3 Å². The number of aromatic nitrogens is 1. The van der Waals surface area contributed by atoms with Gasteiger partial charge in [-0.2, -0.15) is 0 Å². The molecule has 1 unspecified atom stereocenters. The SMILES string of the molecule is O=C(Nc1ncc(Oc2ccc(C(=O)N3CCC3)cc2)s1)C(Oc1ccc(F)cc1F)c1ccc(S(=O)(=O)C2CC2)cc1. The van der Waals surface area contributed by atoms with Crippen molar-refractivity contribution >= 4 is 38.1 Å². The van der Waals surface area contributed by atoms with Crippen molar-refractivity contribution in [2.24, 2.45) is 0 Å². The Hall–Kier alpha value is -4.36. The molecule has 1 aliphatic carbocycles. The lowest BCUT2D eigenvalue weighted by atomic mass is 10.1. The van der Waals surface area contributed by atoms with Crippen LogP contribution in [0.3, 0.4) is 0 Å². The van der Waals surface area contributed by atoms with Crippen LogP contribution in [0.4, 0.5) is 13.9 Å². The van der Waals surface area contributed by atoms with E-state index in [1.54, 1.807) is 29.2 Å². The fraction of sp³-hybridized carbons (Fsp3) is 0.233. The van der Waals surface area contributed by atoms with E-state index in [-0.39, 0.29) is 27.2 Å². The van der Waals surface area contributed by atoms with Gasteiger partial charge >= 0.3 is 0 Å². The number of carbonyl (C=O) groups excluding carboxylic acids is 2. The van der Waals surface area contributed by atoms with Crippen LogP contribution in [0.5, 0.6) is 16.6 Å². The Morgan fingerprint density at radius 2 is 1.72 bits per heavy atom. The van der Waals surface area contributed by atoms with Crippen LogP contribution in [0, 0.1) is 11.6 Å². The molecular formula is C30H25F2N3O6S2. The number of thiazole rings is 1. The first kappa shape index (κ1) is 28.7. The van der Waals surface area contributed by atoms with E-state index in [0.29, 0.717) is 35.3 Å². The molecule has 222 valence electrons. The van der Waals surface area contributed by atoms with Crippen LogP contribution in [0.2, 0.25) is 0 Å². The maximum Gasteiger partial charge on any atom is 0.271 e. The van der Waals surface area contributed by atoms with Crippen molar-refractivity contribution in [3.63, 3.8) is 0 Å². The summed E-state index contributed by atoms with van der Waals surface area (Å²) >= 11 is 1.03. The fourth-order valence-electron chi connectivity index (χ4n) is 4.39. The predicted octanol–water partition coefficient (Wildman–Crippen LogP) is 5.75. The van der Waals surface area contributed by atoms with E-state index >= 15 is 0 Å². The first-order valence-corrected chi connectivity index (χ1v) is 15.8. The summed E-state index contributed by atoms with van der Waals surface area (Å²) in [6, 6.07) is 15.0. The predicted molar refractivity (Wildman–Crippen MR) is 154 cm³/mol. The molecule has 13 heteroatoms. The van der Waals surface area contributed by atoms with Gasteiger partial charge in [-0.15, -0.1) is 0 Å². The van der Waals surface area contributed by atoms with Gasteiger partial charge in [0, 0.05) is 30.3 Å². The van der Waals surface area contributed by atoms with Crippen molar-refractivity contribution in [2.45, 2.75) is 35.5 Å². The van der Waals surface area contributed by atoms with Gasteiger partial charge in [-0.1, -0.05) is 23.5 Å². The highest BCUT2D eigenvalue weighted by atomic mass is 32.2. The van der Waals surface area contributed by atoms with Gasteiger partial charge in [0.2, 0.25) is 11.2 Å². The van der Waals surface area contributed by atoms with Crippen LogP contribution < -0.4 is 14.8 Å². The van der Waals surface area contributed by atoms with Crippen LogP contribution in [0.25, 0.3) is 0 Å². The van der Waals surface area contributed by atoms with Gasteiger partial charge < -0.3 is 14.4 Å². The molecule has 4 aromatic rings. The second-order valence-electron chi connectivity index (χ2n) is 10.1. The number of carbonyl (C=O) groups is 2. The first-order chi connectivity index (χ1) is 20.7. The zero-order chi connectivity index (χ0) is 30.1. The fourth-order valence-corrected chi connectivity index (χ4v) is 6.74. The van der Waals surface area contributed by atoms with Crippen LogP contribution in [-0.2, 0) is 14.6 Å². The van der Waals surface area contributed by atoms with Gasteiger partial charge in [-0.05, 0) is 67.8 Å². The molecule has 43 heavy (non-hydrogen) atoms. The third kappa shape index (κ3) is 6.37. The number of amides is 2. The molecule has 2 heterocycles. The lowest BCUT2D eigenvalue weighted by molar-refractivity contribution is -0.123. The number of ether oxygens (including phenoxy) is 2. The van der Waals surface area contributed by atoms with E-state index in [1.807, 2.05) is 0 Å². The molecule has 1 atom stereocenters. The number of rotatable bonds is 10. The van der Waals surface area contributed by atoms with Crippen molar-refractivity contribution in [1.82, 2.24) is 9.88 Å². The first-order valence-electron chi connectivity index (χ1n) is 13.5.